The summed E-state index contributed by atoms with van der Waals surface area (Å²) in [5.41, 5.74) is 4.05. The van der Waals surface area contributed by atoms with E-state index in [9.17, 15) is 4.79 Å². The van der Waals surface area contributed by atoms with Crippen LogP contribution in [0.3, 0.4) is 0 Å². The van der Waals surface area contributed by atoms with Crippen molar-refractivity contribution in [3.05, 3.63) is 41.2 Å². The molecule has 1 amide bonds. The summed E-state index contributed by atoms with van der Waals surface area (Å²) < 4.78 is 5.23. The van der Waals surface area contributed by atoms with Gasteiger partial charge in [-0.25, -0.2) is 9.97 Å². The molecule has 6 nitrogen and oxygen atoms in total. The number of aromatic nitrogens is 2. The third-order valence-corrected chi connectivity index (χ3v) is 5.59. The van der Waals surface area contributed by atoms with Crippen molar-refractivity contribution in [1.29, 1.82) is 0 Å². The van der Waals surface area contributed by atoms with Gasteiger partial charge in [-0.3, -0.25) is 4.79 Å². The van der Waals surface area contributed by atoms with E-state index in [1.54, 1.807) is 7.11 Å². The average Bonchev–Trinajstić information content (AvgIpc) is 3.23. The van der Waals surface area contributed by atoms with Crippen molar-refractivity contribution < 1.29 is 9.53 Å². The van der Waals surface area contributed by atoms with E-state index >= 15 is 0 Å². The summed E-state index contributed by atoms with van der Waals surface area (Å²) in [5.74, 6) is 1.67. The first-order valence-electron chi connectivity index (χ1n) is 9.69. The number of nitrogens with zero attached hydrogens (tertiary/aromatic N) is 3. The fourth-order valence-electron chi connectivity index (χ4n) is 3.93. The lowest BCUT2D eigenvalue weighted by Crippen LogP contribution is -2.29. The standard InChI is InChI=1S/C21H26N4O2/c1-14-11-17(27-2)6-8-18(14)23-20(26)15-5-7-19-16(12-15)13-22-21(24-19)25-9-3-4-10-25/h6,8,11,13,15H,3-5,7,9-10,12H2,1-2H3,(H,23,26)/t15-/m0/s1. The van der Waals surface area contributed by atoms with E-state index in [0.29, 0.717) is 6.42 Å². The number of carbonyl (C=O) groups excluding carboxylic acids is 1. The molecule has 1 aromatic carbocycles. The van der Waals surface area contributed by atoms with Gasteiger partial charge >= 0.3 is 0 Å². The maximum atomic E-state index is 12.8. The normalized spacial score (nSPS) is 18.9. The van der Waals surface area contributed by atoms with Crippen LogP contribution in [0.25, 0.3) is 0 Å². The van der Waals surface area contributed by atoms with Gasteiger partial charge in [0, 0.05) is 36.6 Å². The number of amides is 1. The number of hydrogen-bond donors (Lipinski definition) is 1. The molecule has 0 radical (unpaired) electrons. The molecule has 1 atom stereocenters. The van der Waals surface area contributed by atoms with Crippen LogP contribution in [0.15, 0.2) is 24.4 Å². The fraction of sp³-hybridized carbons (Fsp3) is 0.476. The molecule has 1 aliphatic carbocycles. The Morgan fingerprint density at radius 2 is 2.11 bits per heavy atom. The molecule has 1 fully saturated rings. The van der Waals surface area contributed by atoms with Crippen LogP contribution in [-0.4, -0.2) is 36.1 Å². The summed E-state index contributed by atoms with van der Waals surface area (Å²) in [5, 5.41) is 3.07. The van der Waals surface area contributed by atoms with Crippen LogP contribution < -0.4 is 15.0 Å². The Labute approximate surface area is 160 Å². The minimum atomic E-state index is -0.0414. The smallest absolute Gasteiger partial charge is 0.227 e. The van der Waals surface area contributed by atoms with Crippen LogP contribution >= 0.6 is 0 Å². The van der Waals surface area contributed by atoms with Crippen molar-refractivity contribution in [1.82, 2.24) is 9.97 Å². The molecule has 1 N–H and O–H groups in total. The van der Waals surface area contributed by atoms with Crippen molar-refractivity contribution in [2.24, 2.45) is 5.92 Å². The van der Waals surface area contributed by atoms with Crippen LogP contribution in [0.4, 0.5) is 11.6 Å². The maximum Gasteiger partial charge on any atom is 0.227 e. The van der Waals surface area contributed by atoms with Gasteiger partial charge in [-0.05, 0) is 68.4 Å². The molecule has 0 spiro atoms. The number of methoxy groups -OCH3 is 1. The molecular formula is C21H26N4O2. The lowest BCUT2D eigenvalue weighted by molar-refractivity contribution is -0.120. The Balaban J connectivity index is 1.43. The van der Waals surface area contributed by atoms with Crippen LogP contribution in [0, 0.1) is 12.8 Å². The topological polar surface area (TPSA) is 67.3 Å². The second-order valence-electron chi connectivity index (χ2n) is 7.45. The molecule has 2 aromatic rings. The number of aryl methyl sites for hydroxylation is 2. The van der Waals surface area contributed by atoms with Crippen molar-refractivity contribution in [2.45, 2.75) is 39.0 Å². The van der Waals surface area contributed by atoms with Gasteiger partial charge in [0.05, 0.1) is 7.11 Å². The Hall–Kier alpha value is -2.63. The molecule has 142 valence electrons. The highest BCUT2D eigenvalue weighted by molar-refractivity contribution is 5.93. The zero-order valence-corrected chi connectivity index (χ0v) is 16.0. The zero-order chi connectivity index (χ0) is 18.8. The highest BCUT2D eigenvalue weighted by Crippen LogP contribution is 2.28. The summed E-state index contributed by atoms with van der Waals surface area (Å²) in [6, 6.07) is 5.69. The molecule has 4 rings (SSSR count). The summed E-state index contributed by atoms with van der Waals surface area (Å²) in [7, 11) is 1.64. The van der Waals surface area contributed by atoms with Gasteiger partial charge in [-0.15, -0.1) is 0 Å². The summed E-state index contributed by atoms with van der Waals surface area (Å²) in [6.07, 6.45) is 6.72. The molecule has 0 saturated carbocycles. The van der Waals surface area contributed by atoms with Crippen LogP contribution in [0.1, 0.15) is 36.1 Å². The largest absolute Gasteiger partial charge is 0.497 e. The highest BCUT2D eigenvalue weighted by Gasteiger charge is 2.27. The van der Waals surface area contributed by atoms with Crippen molar-refractivity contribution in [3.63, 3.8) is 0 Å². The number of rotatable bonds is 4. The number of hydrogen-bond acceptors (Lipinski definition) is 5. The first-order chi connectivity index (χ1) is 13.1. The van der Waals surface area contributed by atoms with E-state index in [1.165, 1.54) is 12.8 Å². The molecule has 1 saturated heterocycles. The Morgan fingerprint density at radius 1 is 1.30 bits per heavy atom. The van der Waals surface area contributed by atoms with Gasteiger partial charge in [-0.2, -0.15) is 0 Å². The number of anilines is 2. The highest BCUT2D eigenvalue weighted by atomic mass is 16.5. The Morgan fingerprint density at radius 3 is 2.85 bits per heavy atom. The van der Waals surface area contributed by atoms with Gasteiger partial charge < -0.3 is 15.0 Å². The van der Waals surface area contributed by atoms with E-state index in [4.69, 9.17) is 9.72 Å². The number of ether oxygens (including phenoxy) is 1. The first kappa shape index (κ1) is 17.8. The van der Waals surface area contributed by atoms with E-state index in [2.05, 4.69) is 15.2 Å². The fourth-order valence-corrected chi connectivity index (χ4v) is 3.93. The van der Waals surface area contributed by atoms with Crippen LogP contribution in [0.5, 0.6) is 5.75 Å². The minimum Gasteiger partial charge on any atom is -0.497 e. The second-order valence-corrected chi connectivity index (χ2v) is 7.45. The summed E-state index contributed by atoms with van der Waals surface area (Å²) in [4.78, 5) is 24.4. The van der Waals surface area contributed by atoms with Gasteiger partial charge in [0.1, 0.15) is 5.75 Å². The van der Waals surface area contributed by atoms with Gasteiger partial charge in [0.25, 0.3) is 0 Å². The molecule has 1 aliphatic heterocycles. The number of benzene rings is 1. The summed E-state index contributed by atoms with van der Waals surface area (Å²) >= 11 is 0. The van der Waals surface area contributed by atoms with Gasteiger partial charge in [0.2, 0.25) is 11.9 Å². The van der Waals surface area contributed by atoms with Crippen LogP contribution in [0.2, 0.25) is 0 Å². The van der Waals surface area contributed by atoms with Crippen LogP contribution in [-0.2, 0) is 17.6 Å². The van der Waals surface area contributed by atoms with E-state index in [1.807, 2.05) is 31.3 Å². The molecule has 2 heterocycles. The molecule has 6 heteroatoms. The van der Waals surface area contributed by atoms with Gasteiger partial charge in [0.15, 0.2) is 0 Å². The third kappa shape index (κ3) is 3.75. The predicted octanol–water partition coefficient (Wildman–Crippen LogP) is 3.14. The molecular weight excluding hydrogens is 340 g/mol. The van der Waals surface area contributed by atoms with E-state index in [0.717, 1.165) is 60.1 Å². The summed E-state index contributed by atoms with van der Waals surface area (Å²) in [6.45, 7) is 4.07. The van der Waals surface area contributed by atoms with Crippen molar-refractivity contribution in [3.8, 4) is 5.75 Å². The predicted molar refractivity (Wildman–Crippen MR) is 105 cm³/mol. The van der Waals surface area contributed by atoms with Gasteiger partial charge in [-0.1, -0.05) is 0 Å². The number of carbonyl (C=O) groups is 1. The van der Waals surface area contributed by atoms with E-state index < -0.39 is 0 Å². The molecule has 0 unspecified atom stereocenters. The zero-order valence-electron chi connectivity index (χ0n) is 16.0. The Kier molecular flexibility index (Phi) is 4.97. The van der Waals surface area contributed by atoms with Crippen molar-refractivity contribution >= 4 is 17.5 Å². The van der Waals surface area contributed by atoms with Crippen molar-refractivity contribution in [2.75, 3.05) is 30.4 Å². The number of fused-ring (bicyclic) bond motifs is 1. The minimum absolute atomic E-state index is 0.0414. The molecule has 27 heavy (non-hydrogen) atoms. The average molecular weight is 366 g/mol. The maximum absolute atomic E-state index is 12.8. The Bertz CT molecular complexity index is 846. The lowest BCUT2D eigenvalue weighted by Gasteiger charge is -2.25. The van der Waals surface area contributed by atoms with E-state index in [-0.39, 0.29) is 11.8 Å². The SMILES string of the molecule is COc1ccc(NC(=O)[C@H]2CCc3nc(N4CCCC4)ncc3C2)c(C)c1. The lowest BCUT2D eigenvalue weighted by atomic mass is 9.86. The molecule has 2 aliphatic rings. The monoisotopic (exact) mass is 366 g/mol. The molecule has 0 bridgehead atoms. The second kappa shape index (κ2) is 7.55. The molecule has 1 aromatic heterocycles. The first-order valence-corrected chi connectivity index (χ1v) is 9.69. The third-order valence-electron chi connectivity index (χ3n) is 5.59. The quantitative estimate of drug-likeness (QED) is 0.900. The number of nitrogens with one attached hydrogen (secondary N) is 1.